The summed E-state index contributed by atoms with van der Waals surface area (Å²) in [4.78, 5) is 45.5. The molecule has 3 aromatic rings. The first kappa shape index (κ1) is 24.8. The molecular formula is C32H29BrN2O3. The highest BCUT2D eigenvalue weighted by Gasteiger charge is 2.71. The van der Waals surface area contributed by atoms with Crippen LogP contribution in [0.3, 0.4) is 0 Å². The molecule has 6 heteroatoms. The lowest BCUT2D eigenvalue weighted by Crippen LogP contribution is -2.51. The molecule has 38 heavy (non-hydrogen) atoms. The number of anilines is 2. The van der Waals surface area contributed by atoms with Gasteiger partial charge < -0.3 is 10.2 Å². The SMILES string of the molecule is CC1=C[C@@H]2N(c3ccccc31)[C@@H](C(=O)C(C)(C)C)[C@@H](C(=O)c1ccc(Br)cc1)[C@]21C(=O)Nc2ccccc21. The Bertz CT molecular complexity index is 1530. The van der Waals surface area contributed by atoms with E-state index in [1.807, 2.05) is 88.4 Å². The lowest BCUT2D eigenvalue weighted by molar-refractivity contribution is -0.128. The number of carbonyl (C=O) groups is 3. The van der Waals surface area contributed by atoms with Crippen LogP contribution in [0, 0.1) is 11.3 Å². The number of ketones is 2. The van der Waals surface area contributed by atoms with Crippen molar-refractivity contribution in [1.82, 2.24) is 0 Å². The van der Waals surface area contributed by atoms with Gasteiger partial charge in [-0.15, -0.1) is 0 Å². The number of amides is 1. The molecule has 0 unspecified atom stereocenters. The van der Waals surface area contributed by atoms with Gasteiger partial charge in [0.15, 0.2) is 11.6 Å². The number of hydrogen-bond donors (Lipinski definition) is 1. The number of nitrogens with one attached hydrogen (secondary N) is 1. The standard InChI is InChI=1S/C32H29BrN2O3/c1-18-17-25-32(22-10-6-7-11-23(22)34-30(32)38)26(28(36)19-13-15-20(33)16-14-19)27(29(37)31(2,3)4)35(25)24-12-8-5-9-21(18)24/h5-17,25-27H,1-4H3,(H,34,38)/t25-,26-,27+,32+/m0/s1. The average molecular weight is 569 g/mol. The van der Waals surface area contributed by atoms with Crippen molar-refractivity contribution in [1.29, 1.82) is 0 Å². The number of benzene rings is 3. The van der Waals surface area contributed by atoms with Gasteiger partial charge in [-0.25, -0.2) is 0 Å². The number of fused-ring (bicyclic) bond motifs is 6. The maximum Gasteiger partial charge on any atom is 0.238 e. The molecule has 0 aliphatic carbocycles. The molecule has 6 rings (SSSR count). The van der Waals surface area contributed by atoms with Crippen molar-refractivity contribution in [2.24, 2.45) is 11.3 Å². The highest BCUT2D eigenvalue weighted by Crippen LogP contribution is 2.59. The first-order chi connectivity index (χ1) is 18.1. The molecule has 3 aromatic carbocycles. The van der Waals surface area contributed by atoms with E-state index in [2.05, 4.69) is 32.2 Å². The summed E-state index contributed by atoms with van der Waals surface area (Å²) in [5, 5.41) is 3.08. The maximum atomic E-state index is 14.7. The summed E-state index contributed by atoms with van der Waals surface area (Å²) >= 11 is 3.46. The van der Waals surface area contributed by atoms with E-state index in [0.717, 1.165) is 26.9 Å². The number of carbonyl (C=O) groups excluding carboxylic acids is 3. The van der Waals surface area contributed by atoms with E-state index in [1.54, 1.807) is 12.1 Å². The van der Waals surface area contributed by atoms with E-state index in [0.29, 0.717) is 11.3 Å². The largest absolute Gasteiger partial charge is 0.352 e. The van der Waals surface area contributed by atoms with Gasteiger partial charge in [-0.1, -0.05) is 91.3 Å². The molecule has 1 fully saturated rings. The number of para-hydroxylation sites is 2. The minimum absolute atomic E-state index is 0.0604. The Kier molecular flexibility index (Phi) is 5.55. The molecule has 0 saturated carbocycles. The molecular weight excluding hydrogens is 540 g/mol. The third-order valence-electron chi connectivity index (χ3n) is 8.30. The Hall–Kier alpha value is -3.51. The third-order valence-corrected chi connectivity index (χ3v) is 8.83. The second kappa shape index (κ2) is 8.50. The predicted octanol–water partition coefficient (Wildman–Crippen LogP) is 6.43. The molecule has 1 N–H and O–H groups in total. The Morgan fingerprint density at radius 3 is 2.32 bits per heavy atom. The van der Waals surface area contributed by atoms with Crippen LogP contribution in [0.1, 0.15) is 49.2 Å². The van der Waals surface area contributed by atoms with Gasteiger partial charge in [-0.05, 0) is 42.3 Å². The van der Waals surface area contributed by atoms with Gasteiger partial charge in [-0.2, -0.15) is 0 Å². The van der Waals surface area contributed by atoms with Crippen molar-refractivity contribution in [3.05, 3.63) is 100 Å². The zero-order chi connectivity index (χ0) is 27.0. The van der Waals surface area contributed by atoms with Crippen LogP contribution in [0.4, 0.5) is 11.4 Å². The van der Waals surface area contributed by atoms with E-state index >= 15 is 0 Å². The van der Waals surface area contributed by atoms with Crippen molar-refractivity contribution in [3.8, 4) is 0 Å². The summed E-state index contributed by atoms with van der Waals surface area (Å²) in [6.07, 6.45) is 2.09. The summed E-state index contributed by atoms with van der Waals surface area (Å²) in [5.74, 6) is -1.43. The zero-order valence-corrected chi connectivity index (χ0v) is 23.4. The second-order valence-electron chi connectivity index (χ2n) is 11.5. The Morgan fingerprint density at radius 2 is 1.61 bits per heavy atom. The van der Waals surface area contributed by atoms with Crippen LogP contribution in [0.15, 0.2) is 83.3 Å². The molecule has 0 aromatic heterocycles. The van der Waals surface area contributed by atoms with E-state index in [-0.39, 0.29) is 17.5 Å². The van der Waals surface area contributed by atoms with Crippen molar-refractivity contribution < 1.29 is 14.4 Å². The summed E-state index contributed by atoms with van der Waals surface area (Å²) in [5.41, 5.74) is 2.84. The Morgan fingerprint density at radius 1 is 0.947 bits per heavy atom. The molecule has 1 saturated heterocycles. The van der Waals surface area contributed by atoms with Gasteiger partial charge in [0.25, 0.3) is 0 Å². The highest BCUT2D eigenvalue weighted by molar-refractivity contribution is 9.10. The van der Waals surface area contributed by atoms with Gasteiger partial charge in [0.1, 0.15) is 11.5 Å². The zero-order valence-electron chi connectivity index (χ0n) is 21.8. The summed E-state index contributed by atoms with van der Waals surface area (Å²) in [6.45, 7) is 7.69. The Balaban J connectivity index is 1.70. The minimum atomic E-state index is -1.28. The lowest BCUT2D eigenvalue weighted by atomic mass is 9.63. The van der Waals surface area contributed by atoms with Crippen molar-refractivity contribution >= 4 is 50.4 Å². The third kappa shape index (κ3) is 3.32. The smallest absolute Gasteiger partial charge is 0.238 e. The fourth-order valence-corrected chi connectivity index (χ4v) is 6.89. The first-order valence-electron chi connectivity index (χ1n) is 12.9. The predicted molar refractivity (Wildman–Crippen MR) is 153 cm³/mol. The van der Waals surface area contributed by atoms with Crippen LogP contribution >= 0.6 is 15.9 Å². The van der Waals surface area contributed by atoms with Gasteiger partial charge in [0.05, 0.1) is 12.0 Å². The summed E-state index contributed by atoms with van der Waals surface area (Å²) in [7, 11) is 0. The molecule has 1 amide bonds. The molecule has 4 atom stereocenters. The van der Waals surface area contributed by atoms with Gasteiger partial charge >= 0.3 is 0 Å². The van der Waals surface area contributed by atoms with Gasteiger partial charge in [0.2, 0.25) is 5.91 Å². The highest BCUT2D eigenvalue weighted by atomic mass is 79.9. The summed E-state index contributed by atoms with van der Waals surface area (Å²) < 4.78 is 0.853. The number of halogens is 1. The fraction of sp³-hybridized carbons (Fsp3) is 0.281. The lowest BCUT2D eigenvalue weighted by Gasteiger charge is -2.39. The van der Waals surface area contributed by atoms with Crippen molar-refractivity contribution in [2.75, 3.05) is 10.2 Å². The maximum absolute atomic E-state index is 14.7. The molecule has 5 nitrogen and oxygen atoms in total. The molecule has 3 aliphatic heterocycles. The summed E-state index contributed by atoms with van der Waals surface area (Å²) in [6, 6.07) is 21.4. The molecule has 3 heterocycles. The van der Waals surface area contributed by atoms with Crippen molar-refractivity contribution in [2.45, 2.75) is 45.2 Å². The molecule has 0 bridgehead atoms. The minimum Gasteiger partial charge on any atom is -0.352 e. The quantitative estimate of drug-likeness (QED) is 0.370. The topological polar surface area (TPSA) is 66.5 Å². The van der Waals surface area contributed by atoms with E-state index in [4.69, 9.17) is 0 Å². The van der Waals surface area contributed by atoms with E-state index in [9.17, 15) is 14.4 Å². The Labute approximate surface area is 231 Å². The van der Waals surface area contributed by atoms with E-state index < -0.39 is 28.8 Å². The monoisotopic (exact) mass is 568 g/mol. The van der Waals surface area contributed by atoms with Crippen LogP contribution < -0.4 is 10.2 Å². The van der Waals surface area contributed by atoms with Crippen LogP contribution in [-0.2, 0) is 15.0 Å². The van der Waals surface area contributed by atoms with Crippen LogP contribution in [0.2, 0.25) is 0 Å². The number of Topliss-reactive ketones (excluding diaryl/α,β-unsaturated/α-hetero) is 2. The molecule has 3 aliphatic rings. The van der Waals surface area contributed by atoms with Gasteiger partial charge in [-0.3, -0.25) is 14.4 Å². The number of allylic oxidation sites excluding steroid dienone is 1. The first-order valence-corrected chi connectivity index (χ1v) is 13.7. The molecule has 192 valence electrons. The van der Waals surface area contributed by atoms with Gasteiger partial charge in [0, 0.05) is 32.4 Å². The molecule has 0 radical (unpaired) electrons. The normalized spacial score (nSPS) is 25.4. The van der Waals surface area contributed by atoms with Crippen molar-refractivity contribution in [3.63, 3.8) is 0 Å². The van der Waals surface area contributed by atoms with Crippen LogP contribution in [-0.4, -0.2) is 29.6 Å². The van der Waals surface area contributed by atoms with E-state index in [1.165, 1.54) is 0 Å². The fourth-order valence-electron chi connectivity index (χ4n) is 6.62. The number of rotatable bonds is 3. The average Bonchev–Trinajstić information content (AvgIpc) is 3.36. The number of nitrogens with zero attached hydrogens (tertiary/aromatic N) is 1. The second-order valence-corrected chi connectivity index (χ2v) is 12.4. The molecule has 1 spiro atoms. The number of hydrogen-bond acceptors (Lipinski definition) is 4. The van der Waals surface area contributed by atoms with Crippen LogP contribution in [0.25, 0.3) is 5.57 Å². The van der Waals surface area contributed by atoms with Crippen LogP contribution in [0.5, 0.6) is 0 Å².